The summed E-state index contributed by atoms with van der Waals surface area (Å²) in [6, 6.07) is 20.7. The van der Waals surface area contributed by atoms with Crippen molar-refractivity contribution in [1.29, 1.82) is 0 Å². The van der Waals surface area contributed by atoms with Gasteiger partial charge in [0.25, 0.3) is 0 Å². The van der Waals surface area contributed by atoms with Gasteiger partial charge >= 0.3 is 0 Å². The fourth-order valence-corrected chi connectivity index (χ4v) is 2.96. The molecule has 0 amide bonds. The van der Waals surface area contributed by atoms with Crippen molar-refractivity contribution in [3.8, 4) is 16.9 Å². The largest absolute Gasteiger partial charge is 0.496 e. The Morgan fingerprint density at radius 1 is 0.846 bits per heavy atom. The third kappa shape index (κ3) is 4.03. The Morgan fingerprint density at radius 2 is 1.58 bits per heavy atom. The second-order valence-corrected chi connectivity index (χ2v) is 6.03. The number of hydrogen-bond donors (Lipinski definition) is 3. The molecular weight excluding hydrogens is 330 g/mol. The molecule has 0 aliphatic carbocycles. The molecule has 0 aliphatic heterocycles. The molecule has 134 valence electrons. The molecule has 0 saturated carbocycles. The molecular formula is C21H21NO4. The molecule has 0 bridgehead atoms. The Labute approximate surface area is 152 Å². The number of ether oxygens (including phenoxy) is 1. The van der Waals surface area contributed by atoms with Crippen molar-refractivity contribution in [3.05, 3.63) is 83.4 Å². The van der Waals surface area contributed by atoms with Gasteiger partial charge in [-0.2, -0.15) is 0 Å². The molecule has 0 atom stereocenters. The number of aliphatic hydroxyl groups excluding tert-OH is 1. The van der Waals surface area contributed by atoms with Gasteiger partial charge in [-0.15, -0.1) is 5.23 Å². The van der Waals surface area contributed by atoms with Crippen LogP contribution in [0.15, 0.2) is 66.7 Å². The Hall–Kier alpha value is -2.86. The zero-order valence-corrected chi connectivity index (χ0v) is 14.5. The predicted molar refractivity (Wildman–Crippen MR) is 99.7 cm³/mol. The molecule has 5 heteroatoms. The number of anilines is 1. The fourth-order valence-electron chi connectivity index (χ4n) is 2.96. The van der Waals surface area contributed by atoms with E-state index in [1.807, 2.05) is 48.5 Å². The summed E-state index contributed by atoms with van der Waals surface area (Å²) in [7, 11) is 1.61. The van der Waals surface area contributed by atoms with E-state index >= 15 is 0 Å². The number of aliphatic hydroxyl groups is 1. The van der Waals surface area contributed by atoms with E-state index < -0.39 is 0 Å². The summed E-state index contributed by atoms with van der Waals surface area (Å²) >= 11 is 0. The monoisotopic (exact) mass is 351 g/mol. The third-order valence-corrected chi connectivity index (χ3v) is 4.23. The highest BCUT2D eigenvalue weighted by Gasteiger charge is 2.10. The molecule has 0 heterocycles. The normalized spacial score (nSPS) is 10.6. The van der Waals surface area contributed by atoms with Crippen LogP contribution in [-0.4, -0.2) is 22.6 Å². The molecule has 0 aliphatic rings. The smallest absolute Gasteiger partial charge is 0.126 e. The molecule has 3 N–H and O–H groups in total. The minimum atomic E-state index is 0.0211. The lowest BCUT2D eigenvalue weighted by Gasteiger charge is -2.14. The minimum absolute atomic E-state index is 0.0211. The van der Waals surface area contributed by atoms with E-state index in [1.54, 1.807) is 25.3 Å². The van der Waals surface area contributed by atoms with Crippen LogP contribution in [0.1, 0.15) is 16.7 Å². The van der Waals surface area contributed by atoms with Crippen molar-refractivity contribution in [1.82, 2.24) is 0 Å². The van der Waals surface area contributed by atoms with Gasteiger partial charge in [0.1, 0.15) is 5.75 Å². The van der Waals surface area contributed by atoms with E-state index in [9.17, 15) is 15.5 Å². The molecule has 3 aromatic carbocycles. The topological polar surface area (TPSA) is 73.2 Å². The van der Waals surface area contributed by atoms with Crippen molar-refractivity contribution in [2.24, 2.45) is 0 Å². The summed E-state index contributed by atoms with van der Waals surface area (Å²) in [4.78, 5) is 0. The molecule has 0 radical (unpaired) electrons. The van der Waals surface area contributed by atoms with Crippen LogP contribution in [0.25, 0.3) is 11.1 Å². The molecule has 0 spiro atoms. The number of methoxy groups -OCH3 is 1. The Bertz CT molecular complexity index is 893. The van der Waals surface area contributed by atoms with Crippen LogP contribution in [0, 0.1) is 0 Å². The third-order valence-electron chi connectivity index (χ3n) is 4.23. The maximum absolute atomic E-state index is 9.30. The van der Waals surface area contributed by atoms with Gasteiger partial charge in [0, 0.05) is 5.56 Å². The lowest BCUT2D eigenvalue weighted by molar-refractivity contribution is 0.0292. The number of benzene rings is 3. The Balaban J connectivity index is 1.97. The second-order valence-electron chi connectivity index (χ2n) is 6.03. The molecule has 0 saturated heterocycles. The van der Waals surface area contributed by atoms with Crippen LogP contribution >= 0.6 is 0 Å². The van der Waals surface area contributed by atoms with E-state index in [1.165, 1.54) is 0 Å². The van der Waals surface area contributed by atoms with E-state index in [-0.39, 0.29) is 17.5 Å². The first kappa shape index (κ1) is 17.9. The summed E-state index contributed by atoms with van der Waals surface area (Å²) in [6.45, 7) is 0.0211. The van der Waals surface area contributed by atoms with E-state index in [0.717, 1.165) is 34.2 Å². The standard InChI is InChI=1S/C21H21NO4/c1-26-21-9-8-16(10-15-4-2-5-17(11-15)14-23)12-20(21)18-6-3-7-19(13-18)22(24)25/h2-9,11-13,23-25H,10,14H2,1H3. The first-order valence-electron chi connectivity index (χ1n) is 8.24. The number of rotatable bonds is 6. The van der Waals surface area contributed by atoms with Crippen LogP contribution < -0.4 is 9.96 Å². The van der Waals surface area contributed by atoms with Gasteiger partial charge in [-0.3, -0.25) is 10.4 Å². The van der Waals surface area contributed by atoms with E-state index in [0.29, 0.717) is 5.75 Å². The molecule has 5 nitrogen and oxygen atoms in total. The minimum Gasteiger partial charge on any atom is -0.496 e. The quantitative estimate of drug-likeness (QED) is 0.585. The molecule has 26 heavy (non-hydrogen) atoms. The van der Waals surface area contributed by atoms with Crippen molar-refractivity contribution >= 4 is 5.69 Å². The average molecular weight is 351 g/mol. The summed E-state index contributed by atoms with van der Waals surface area (Å²) in [5.74, 6) is 0.706. The Kier molecular flexibility index (Phi) is 5.53. The average Bonchev–Trinajstić information content (AvgIpc) is 2.68. The lowest BCUT2D eigenvalue weighted by Crippen LogP contribution is -2.10. The lowest BCUT2D eigenvalue weighted by atomic mass is 9.97. The molecule has 3 aromatic rings. The van der Waals surface area contributed by atoms with Gasteiger partial charge in [-0.25, -0.2) is 0 Å². The van der Waals surface area contributed by atoms with Crippen molar-refractivity contribution < 1.29 is 20.3 Å². The molecule has 0 unspecified atom stereocenters. The van der Waals surface area contributed by atoms with Gasteiger partial charge in [-0.05, 0) is 52.9 Å². The molecule has 3 rings (SSSR count). The van der Waals surface area contributed by atoms with Crippen LogP contribution in [0.5, 0.6) is 5.75 Å². The summed E-state index contributed by atoms with van der Waals surface area (Å²) in [5.41, 5.74) is 5.04. The van der Waals surface area contributed by atoms with E-state index in [4.69, 9.17) is 4.74 Å². The van der Waals surface area contributed by atoms with Crippen LogP contribution in [0.3, 0.4) is 0 Å². The molecule has 0 fully saturated rings. The van der Waals surface area contributed by atoms with Crippen LogP contribution in [0.2, 0.25) is 0 Å². The molecule has 0 aromatic heterocycles. The van der Waals surface area contributed by atoms with Crippen molar-refractivity contribution in [2.45, 2.75) is 13.0 Å². The second kappa shape index (κ2) is 8.01. The van der Waals surface area contributed by atoms with Gasteiger partial charge in [0.2, 0.25) is 0 Å². The predicted octanol–water partition coefficient (Wildman–Crippen LogP) is 4.03. The summed E-state index contributed by atoms with van der Waals surface area (Å²) in [6.07, 6.45) is 0.719. The summed E-state index contributed by atoms with van der Waals surface area (Å²) in [5, 5.41) is 27.9. The SMILES string of the molecule is COc1ccc(Cc2cccc(CO)c2)cc1-c1cccc(N(O)O)c1. The first-order valence-corrected chi connectivity index (χ1v) is 8.24. The number of hydrogen-bond acceptors (Lipinski definition) is 5. The highest BCUT2D eigenvalue weighted by atomic mass is 16.8. The highest BCUT2D eigenvalue weighted by Crippen LogP contribution is 2.33. The summed E-state index contributed by atoms with van der Waals surface area (Å²) < 4.78 is 5.47. The zero-order valence-electron chi connectivity index (χ0n) is 14.5. The fraction of sp³-hybridized carbons (Fsp3) is 0.143. The maximum Gasteiger partial charge on any atom is 0.126 e. The zero-order chi connectivity index (χ0) is 18.5. The van der Waals surface area contributed by atoms with Gasteiger partial charge in [-0.1, -0.05) is 42.5 Å². The van der Waals surface area contributed by atoms with Crippen molar-refractivity contribution in [2.75, 3.05) is 12.3 Å². The van der Waals surface area contributed by atoms with Gasteiger partial charge in [0.15, 0.2) is 0 Å². The van der Waals surface area contributed by atoms with Gasteiger partial charge in [0.05, 0.1) is 19.4 Å². The highest BCUT2D eigenvalue weighted by molar-refractivity contribution is 5.74. The maximum atomic E-state index is 9.30. The van der Waals surface area contributed by atoms with Gasteiger partial charge < -0.3 is 9.84 Å². The van der Waals surface area contributed by atoms with E-state index in [2.05, 4.69) is 0 Å². The van der Waals surface area contributed by atoms with Crippen molar-refractivity contribution in [3.63, 3.8) is 0 Å². The first-order chi connectivity index (χ1) is 12.6. The van der Waals surface area contributed by atoms with Crippen LogP contribution in [0.4, 0.5) is 5.69 Å². The van der Waals surface area contributed by atoms with Crippen LogP contribution in [-0.2, 0) is 13.0 Å². The Morgan fingerprint density at radius 3 is 2.31 bits per heavy atom. The number of nitrogens with zero attached hydrogens (tertiary/aromatic N) is 1.